The molecule has 20 heteroatoms. The van der Waals surface area contributed by atoms with Crippen LogP contribution in [-0.2, 0) is 37.0 Å². The maximum Gasteiger partial charge on any atom is 0.312 e. The van der Waals surface area contributed by atoms with Gasteiger partial charge in [0.25, 0.3) is 11.8 Å². The van der Waals surface area contributed by atoms with Gasteiger partial charge in [-0.15, -0.1) is 0 Å². The summed E-state index contributed by atoms with van der Waals surface area (Å²) in [5.74, 6) is -2.17. The zero-order valence-corrected chi connectivity index (χ0v) is 40.2. The highest BCUT2D eigenvalue weighted by atomic mass is 19.1. The van der Waals surface area contributed by atoms with Crippen LogP contribution in [0.25, 0.3) is 11.3 Å². The molecular formula is C52H56F2N10O8. The van der Waals surface area contributed by atoms with Gasteiger partial charge in [-0.2, -0.15) is 19.2 Å². The fraction of sp³-hybridized carbons (Fsp3) is 0.423. The number of rotatable bonds is 12. The van der Waals surface area contributed by atoms with Gasteiger partial charge < -0.3 is 31.1 Å². The van der Waals surface area contributed by atoms with Crippen LogP contribution in [0.5, 0.6) is 0 Å². The first-order valence-corrected chi connectivity index (χ1v) is 24.1. The van der Waals surface area contributed by atoms with E-state index >= 15 is 0 Å². The van der Waals surface area contributed by atoms with Crippen molar-refractivity contribution in [3.05, 3.63) is 119 Å². The second kappa shape index (κ2) is 19.2. The number of aliphatic carboxylic acids is 1. The fourth-order valence-electron chi connectivity index (χ4n) is 10.6. The Labute approximate surface area is 412 Å². The second-order valence-corrected chi connectivity index (χ2v) is 20.7. The maximum atomic E-state index is 13.6. The van der Waals surface area contributed by atoms with E-state index in [0.29, 0.717) is 100.0 Å². The number of hydrogen-bond acceptors (Lipinski definition) is 11. The van der Waals surface area contributed by atoms with E-state index in [4.69, 9.17) is 4.74 Å². The molecule has 4 aromatic heterocycles. The summed E-state index contributed by atoms with van der Waals surface area (Å²) >= 11 is 0. The van der Waals surface area contributed by atoms with E-state index in [1.165, 1.54) is 51.6 Å². The SMILES string of the molecule is CC(C)(C)OC(=O)C12CCC(C(=O)Nc3cc(C(=O)NCc4ccc(F)cc4)nc4ccnn34)(CC1)CC2.O=C(NCc1ccc(F)cc1)c1cc(NC(=O)C23CCC(C(=O)O)(CC2)CC3)n2nccc2n1. The van der Waals surface area contributed by atoms with Gasteiger partial charge in [-0.1, -0.05) is 24.3 Å². The van der Waals surface area contributed by atoms with E-state index in [9.17, 15) is 42.7 Å². The summed E-state index contributed by atoms with van der Waals surface area (Å²) in [6.07, 6.45) is 9.70. The van der Waals surface area contributed by atoms with Crippen LogP contribution in [0.1, 0.15) is 130 Å². The van der Waals surface area contributed by atoms with Gasteiger partial charge >= 0.3 is 11.9 Å². The van der Waals surface area contributed by atoms with Gasteiger partial charge in [-0.05, 0) is 133 Å². The molecule has 12 rings (SSSR count). The van der Waals surface area contributed by atoms with Gasteiger partial charge in [0, 0.05) is 48.2 Å². The molecule has 6 fully saturated rings. The van der Waals surface area contributed by atoms with Crippen LogP contribution in [0.3, 0.4) is 0 Å². The van der Waals surface area contributed by atoms with Crippen molar-refractivity contribution in [3.63, 3.8) is 0 Å². The molecule has 6 saturated carbocycles. The summed E-state index contributed by atoms with van der Waals surface area (Å²) < 4.78 is 34.9. The molecule has 0 saturated heterocycles. The first-order valence-electron chi connectivity index (χ1n) is 24.1. The summed E-state index contributed by atoms with van der Waals surface area (Å²) in [4.78, 5) is 86.0. The lowest BCUT2D eigenvalue weighted by atomic mass is 9.53. The average molecular weight is 987 g/mol. The number of nitrogens with zero attached hydrogens (tertiary/aromatic N) is 6. The molecule has 18 nitrogen and oxygen atoms in total. The van der Waals surface area contributed by atoms with Gasteiger partial charge in [-0.25, -0.2) is 18.7 Å². The van der Waals surface area contributed by atoms with E-state index < -0.39 is 45.0 Å². The van der Waals surface area contributed by atoms with Gasteiger partial charge in [-0.3, -0.25) is 28.8 Å². The van der Waals surface area contributed by atoms with Gasteiger partial charge in [0.1, 0.15) is 40.3 Å². The number of aromatic nitrogens is 6. The molecule has 5 N–H and O–H groups in total. The van der Waals surface area contributed by atoms with Crippen LogP contribution in [0.2, 0.25) is 0 Å². The number of nitrogens with one attached hydrogen (secondary N) is 4. The normalized spacial score (nSPS) is 23.1. The molecule has 2 aromatic carbocycles. The van der Waals surface area contributed by atoms with E-state index in [0.717, 1.165) is 11.1 Å². The zero-order chi connectivity index (χ0) is 51.1. The van der Waals surface area contributed by atoms with Crippen molar-refractivity contribution in [2.75, 3.05) is 10.6 Å². The summed E-state index contributed by atoms with van der Waals surface area (Å²) in [6.45, 7) is 6.00. The summed E-state index contributed by atoms with van der Waals surface area (Å²) in [6, 6.07) is 17.9. The third-order valence-corrected chi connectivity index (χ3v) is 15.1. The van der Waals surface area contributed by atoms with Crippen LogP contribution in [0.4, 0.5) is 20.4 Å². The Morgan fingerprint density at radius 2 is 0.931 bits per heavy atom. The number of carbonyl (C=O) groups is 6. The molecule has 0 aliphatic heterocycles. The summed E-state index contributed by atoms with van der Waals surface area (Å²) in [5, 5.41) is 29.5. The van der Waals surface area contributed by atoms with E-state index in [-0.39, 0.29) is 53.9 Å². The highest BCUT2D eigenvalue weighted by molar-refractivity contribution is 5.99. The molecule has 6 aromatic rings. The van der Waals surface area contributed by atoms with E-state index in [2.05, 4.69) is 41.4 Å². The monoisotopic (exact) mass is 986 g/mol. The number of halogens is 2. The number of anilines is 2. The molecule has 0 unspecified atom stereocenters. The highest BCUT2D eigenvalue weighted by Crippen LogP contribution is 2.59. The minimum Gasteiger partial charge on any atom is -0.481 e. The fourth-order valence-corrected chi connectivity index (χ4v) is 10.6. The number of carboxylic acid groups (broad SMARTS) is 1. The quantitative estimate of drug-likeness (QED) is 0.0746. The Balaban J connectivity index is 0.000000179. The lowest BCUT2D eigenvalue weighted by Crippen LogP contribution is -2.52. The third kappa shape index (κ3) is 9.98. The van der Waals surface area contributed by atoms with E-state index in [1.807, 2.05) is 20.8 Å². The Morgan fingerprint density at radius 3 is 1.29 bits per heavy atom. The Kier molecular flexibility index (Phi) is 13.1. The minimum atomic E-state index is -0.773. The van der Waals surface area contributed by atoms with Crippen LogP contribution in [-0.4, -0.2) is 75.5 Å². The highest BCUT2D eigenvalue weighted by Gasteiger charge is 2.57. The molecule has 0 spiro atoms. The van der Waals surface area contributed by atoms with Crippen molar-refractivity contribution in [1.82, 2.24) is 39.8 Å². The standard InChI is InChI=1S/C28H32FN5O4.C24H24FN5O4/c1-26(2,3)38-25(37)28-12-9-27(10-13-28,11-14-28)24(36)33-22-16-20(32-21-8-15-31-34(21)22)23(35)30-17-18-4-6-19(29)7-5-18;25-16-3-1-15(2-4-16)14-26-20(31)17-13-19(30-18(28-17)5-12-27-30)29-21(32)23-6-9-24(10-7-23,11-8-23)22(33)34/h4-8,15-16H,9-14,17H2,1-3H3,(H,30,35)(H,33,36);1-5,12-13H,6-11,14H2,(H,26,31)(H,29,32)(H,33,34). The molecule has 376 valence electrons. The molecule has 4 heterocycles. The van der Waals surface area contributed by atoms with Crippen molar-refractivity contribution in [1.29, 1.82) is 0 Å². The Bertz CT molecular complexity index is 3040. The first-order chi connectivity index (χ1) is 34.3. The largest absolute Gasteiger partial charge is 0.481 e. The number of benzene rings is 2. The first kappa shape index (κ1) is 49.3. The number of fused-ring (bicyclic) bond motifs is 8. The molecule has 6 aliphatic carbocycles. The molecular weight excluding hydrogens is 931 g/mol. The minimum absolute atomic E-state index is 0.111. The number of carboxylic acids is 1. The van der Waals surface area contributed by atoms with Crippen molar-refractivity contribution in [2.24, 2.45) is 21.7 Å². The molecule has 6 aliphatic rings. The van der Waals surface area contributed by atoms with Crippen molar-refractivity contribution >= 4 is 58.5 Å². The van der Waals surface area contributed by atoms with Gasteiger partial charge in [0.05, 0.1) is 23.2 Å². The topological polar surface area (TPSA) is 240 Å². The summed E-state index contributed by atoms with van der Waals surface area (Å²) in [7, 11) is 0. The second-order valence-electron chi connectivity index (χ2n) is 20.7. The lowest BCUT2D eigenvalue weighted by molar-refractivity contribution is -0.178. The zero-order valence-electron chi connectivity index (χ0n) is 40.2. The molecule has 0 radical (unpaired) electrons. The number of ether oxygens (including phenoxy) is 1. The molecule has 4 amide bonds. The number of carbonyl (C=O) groups excluding carboxylic acids is 5. The lowest BCUT2D eigenvalue weighted by Gasteiger charge is -2.51. The Morgan fingerprint density at radius 1 is 0.569 bits per heavy atom. The molecule has 72 heavy (non-hydrogen) atoms. The Hall–Kier alpha value is -7.64. The van der Waals surface area contributed by atoms with Crippen LogP contribution in [0, 0.1) is 33.3 Å². The van der Waals surface area contributed by atoms with Gasteiger partial charge in [0.2, 0.25) is 11.8 Å². The molecule has 0 atom stereocenters. The van der Waals surface area contributed by atoms with Crippen molar-refractivity contribution in [2.45, 2.75) is 117 Å². The average Bonchev–Trinajstić information content (AvgIpc) is 4.07. The van der Waals surface area contributed by atoms with Crippen LogP contribution < -0.4 is 21.3 Å². The predicted octanol–water partition coefficient (Wildman–Crippen LogP) is 7.58. The third-order valence-electron chi connectivity index (χ3n) is 15.1. The van der Waals surface area contributed by atoms with E-state index in [1.54, 1.807) is 42.6 Å². The van der Waals surface area contributed by atoms with Crippen molar-refractivity contribution < 1.29 is 47.4 Å². The number of hydrogen-bond donors (Lipinski definition) is 5. The smallest absolute Gasteiger partial charge is 0.312 e. The molecule has 4 bridgehead atoms. The van der Waals surface area contributed by atoms with Gasteiger partial charge in [0.15, 0.2) is 11.3 Å². The maximum absolute atomic E-state index is 13.6. The van der Waals surface area contributed by atoms with Crippen LogP contribution >= 0.6 is 0 Å². The number of esters is 1. The van der Waals surface area contributed by atoms with Crippen molar-refractivity contribution in [3.8, 4) is 0 Å². The number of amides is 4. The predicted molar refractivity (Wildman–Crippen MR) is 257 cm³/mol. The summed E-state index contributed by atoms with van der Waals surface area (Å²) in [5.41, 5.74) is -0.431. The van der Waals surface area contributed by atoms with Crippen LogP contribution in [0.15, 0.2) is 85.2 Å².